The molecule has 0 aliphatic rings. The number of nitrogens with one attached hydrogen (secondary N) is 3. The van der Waals surface area contributed by atoms with Gasteiger partial charge in [0.25, 0.3) is 0 Å². The van der Waals surface area contributed by atoms with E-state index in [0.717, 1.165) is 27.5 Å². The van der Waals surface area contributed by atoms with Crippen LogP contribution < -0.4 is 28.1 Å². The van der Waals surface area contributed by atoms with Gasteiger partial charge in [0.2, 0.25) is 0 Å². The highest BCUT2D eigenvalue weighted by Gasteiger charge is 2.09. The van der Waals surface area contributed by atoms with Crippen molar-refractivity contribution in [2.75, 3.05) is 16.9 Å². The van der Waals surface area contributed by atoms with E-state index in [-0.39, 0.29) is 0 Å². The van der Waals surface area contributed by atoms with E-state index in [1.165, 1.54) is 6.21 Å². The third kappa shape index (κ3) is 4.31. The largest absolute Gasteiger partial charge is 0.395 e. The minimum atomic E-state index is 0.315. The van der Waals surface area contributed by atoms with Crippen molar-refractivity contribution >= 4 is 34.3 Å². The maximum absolute atomic E-state index is 7.65. The molecule has 0 amide bonds. The first-order valence-corrected chi connectivity index (χ1v) is 8.37. The summed E-state index contributed by atoms with van der Waals surface area (Å²) in [5.41, 5.74) is 17.3. The van der Waals surface area contributed by atoms with E-state index >= 15 is 0 Å². The molecule has 2 heterocycles. The van der Waals surface area contributed by atoms with Gasteiger partial charge in [0, 0.05) is 43.2 Å². The molecule has 0 radical (unpaired) electrons. The summed E-state index contributed by atoms with van der Waals surface area (Å²) < 4.78 is 0. The Kier molecular flexibility index (Phi) is 5.48. The lowest BCUT2D eigenvalue weighted by atomic mass is 10.1. The molecule has 2 aromatic heterocycles. The van der Waals surface area contributed by atoms with Crippen molar-refractivity contribution in [3.8, 4) is 0 Å². The predicted octanol–water partition coefficient (Wildman–Crippen LogP) is 1.95. The molecule has 0 saturated heterocycles. The van der Waals surface area contributed by atoms with Crippen molar-refractivity contribution < 1.29 is 0 Å². The van der Waals surface area contributed by atoms with Gasteiger partial charge in [-0.25, -0.2) is 10.8 Å². The van der Waals surface area contributed by atoms with Crippen molar-refractivity contribution in [1.29, 1.82) is 5.41 Å². The number of allylic oxidation sites excluding steroid dienone is 1. The molecule has 3 aromatic rings. The number of nitrogens with two attached hydrogens (primary N) is 3. The fraction of sp³-hybridized carbons (Fsp3) is 0.105. The Balaban J connectivity index is 1.71. The van der Waals surface area contributed by atoms with E-state index < -0.39 is 0 Å². The Morgan fingerprint density at radius 2 is 2.00 bits per heavy atom. The van der Waals surface area contributed by atoms with Crippen LogP contribution in [0.15, 0.2) is 54.5 Å². The molecule has 0 unspecified atom stereocenters. The Morgan fingerprint density at radius 3 is 2.78 bits per heavy atom. The van der Waals surface area contributed by atoms with Crippen LogP contribution >= 0.6 is 0 Å². The third-order valence-corrected chi connectivity index (χ3v) is 4.18. The lowest BCUT2D eigenvalue weighted by Crippen LogP contribution is -2.14. The van der Waals surface area contributed by atoms with Gasteiger partial charge in [-0.2, -0.15) is 0 Å². The van der Waals surface area contributed by atoms with Gasteiger partial charge in [0.15, 0.2) is 5.82 Å². The van der Waals surface area contributed by atoms with Crippen molar-refractivity contribution in [3.05, 3.63) is 65.6 Å². The molecular weight excluding hydrogens is 340 g/mol. The van der Waals surface area contributed by atoms with Crippen molar-refractivity contribution in [2.45, 2.75) is 13.0 Å². The van der Waals surface area contributed by atoms with E-state index in [1.807, 2.05) is 18.3 Å². The zero-order valence-electron chi connectivity index (χ0n) is 14.7. The van der Waals surface area contributed by atoms with E-state index in [4.69, 9.17) is 22.7 Å². The third-order valence-electron chi connectivity index (χ3n) is 4.18. The summed E-state index contributed by atoms with van der Waals surface area (Å²) in [4.78, 5) is 8.15. The number of nitrogen functional groups attached to an aromatic ring is 3. The Bertz CT molecular complexity index is 996. The first-order valence-electron chi connectivity index (χ1n) is 8.37. The van der Waals surface area contributed by atoms with Gasteiger partial charge in [0.1, 0.15) is 5.82 Å². The van der Waals surface area contributed by atoms with E-state index in [2.05, 4.69) is 32.8 Å². The summed E-state index contributed by atoms with van der Waals surface area (Å²) in [6.45, 7) is 0.638. The topological polar surface area (TPSA) is 152 Å². The number of hydrogen-bond acceptors (Lipinski definition) is 8. The van der Waals surface area contributed by atoms with E-state index in [0.29, 0.717) is 30.3 Å². The lowest BCUT2D eigenvalue weighted by molar-refractivity contribution is 0.862. The van der Waals surface area contributed by atoms with Gasteiger partial charge in [0.05, 0.1) is 5.69 Å². The molecule has 0 aliphatic carbocycles. The number of hydrogen-bond donors (Lipinski definition) is 6. The van der Waals surface area contributed by atoms with Crippen LogP contribution in [0.5, 0.6) is 0 Å². The van der Waals surface area contributed by atoms with Gasteiger partial charge >= 0.3 is 0 Å². The van der Waals surface area contributed by atoms with Crippen molar-refractivity contribution in [1.82, 2.24) is 15.3 Å². The van der Waals surface area contributed by atoms with Crippen molar-refractivity contribution in [2.24, 2.45) is 5.84 Å². The molecule has 0 saturated carbocycles. The summed E-state index contributed by atoms with van der Waals surface area (Å²) in [6.07, 6.45) is 7.14. The van der Waals surface area contributed by atoms with Crippen LogP contribution in [0.25, 0.3) is 10.8 Å². The predicted molar refractivity (Wildman–Crippen MR) is 110 cm³/mol. The standard InChI is InChI=1S/C19H22N8/c20-8-13(6-16-7-17(21)26-19(27-23)18(16)22)10-25-9-12-1-2-15-11-24-4-3-14(15)5-12/h1-5,7-8,10-11,20,25H,6,9,22-23H2,(H3,21,26,27)/b13-10-,20-8?. The first-order chi connectivity index (χ1) is 13.1. The monoisotopic (exact) mass is 362 g/mol. The number of pyridine rings is 2. The maximum Gasteiger partial charge on any atom is 0.165 e. The summed E-state index contributed by atoms with van der Waals surface area (Å²) in [5.74, 6) is 6.05. The van der Waals surface area contributed by atoms with Crippen LogP contribution in [0.4, 0.5) is 17.3 Å². The molecule has 27 heavy (non-hydrogen) atoms. The van der Waals surface area contributed by atoms with Crippen molar-refractivity contribution in [3.63, 3.8) is 0 Å². The Labute approximate surface area is 157 Å². The summed E-state index contributed by atoms with van der Waals surface area (Å²) >= 11 is 0. The zero-order chi connectivity index (χ0) is 19.2. The quantitative estimate of drug-likeness (QED) is 0.213. The molecule has 0 fully saturated rings. The average Bonchev–Trinajstić information content (AvgIpc) is 2.69. The molecule has 1 aromatic carbocycles. The molecule has 0 spiro atoms. The molecule has 0 aliphatic heterocycles. The van der Waals surface area contributed by atoms with Crippen LogP contribution in [0, 0.1) is 5.41 Å². The number of hydrazine groups is 1. The van der Waals surface area contributed by atoms with Gasteiger partial charge < -0.3 is 27.6 Å². The first kappa shape index (κ1) is 18.2. The molecule has 9 N–H and O–H groups in total. The molecular formula is C19H22N8. The molecule has 0 bridgehead atoms. The summed E-state index contributed by atoms with van der Waals surface area (Å²) in [7, 11) is 0. The number of nitrogens with zero attached hydrogens (tertiary/aromatic N) is 2. The number of anilines is 3. The maximum atomic E-state index is 7.65. The van der Waals surface area contributed by atoms with Gasteiger partial charge in [-0.05, 0) is 40.3 Å². The van der Waals surface area contributed by atoms with E-state index in [9.17, 15) is 0 Å². The number of rotatable bonds is 7. The van der Waals surface area contributed by atoms with Gasteiger partial charge in [-0.1, -0.05) is 12.1 Å². The molecule has 8 heteroatoms. The molecule has 3 rings (SSSR count). The van der Waals surface area contributed by atoms with Gasteiger partial charge in [-0.15, -0.1) is 0 Å². The summed E-state index contributed by atoms with van der Waals surface area (Å²) in [6, 6.07) is 9.88. The lowest BCUT2D eigenvalue weighted by Gasteiger charge is -2.12. The minimum absolute atomic E-state index is 0.315. The smallest absolute Gasteiger partial charge is 0.165 e. The highest BCUT2D eigenvalue weighted by Crippen LogP contribution is 2.24. The van der Waals surface area contributed by atoms with E-state index in [1.54, 1.807) is 18.5 Å². The second-order valence-corrected chi connectivity index (χ2v) is 6.09. The zero-order valence-corrected chi connectivity index (χ0v) is 14.7. The minimum Gasteiger partial charge on any atom is -0.395 e. The fourth-order valence-electron chi connectivity index (χ4n) is 2.79. The second kappa shape index (κ2) is 8.15. The normalized spacial score (nSPS) is 11.4. The number of fused-ring (bicyclic) bond motifs is 1. The van der Waals surface area contributed by atoms with Crippen LogP contribution in [-0.2, 0) is 13.0 Å². The van der Waals surface area contributed by atoms with Crippen LogP contribution in [0.2, 0.25) is 0 Å². The Morgan fingerprint density at radius 1 is 1.15 bits per heavy atom. The van der Waals surface area contributed by atoms with Crippen LogP contribution in [0.3, 0.4) is 0 Å². The average molecular weight is 362 g/mol. The number of aromatic nitrogens is 2. The highest BCUT2D eigenvalue weighted by atomic mass is 15.3. The van der Waals surface area contributed by atoms with Gasteiger partial charge in [-0.3, -0.25) is 4.98 Å². The van der Waals surface area contributed by atoms with Crippen LogP contribution in [0.1, 0.15) is 11.1 Å². The second-order valence-electron chi connectivity index (χ2n) is 6.09. The highest BCUT2D eigenvalue weighted by molar-refractivity contribution is 5.82. The summed E-state index contributed by atoms with van der Waals surface area (Å²) in [5, 5.41) is 13.1. The molecule has 138 valence electrons. The van der Waals surface area contributed by atoms with Crippen LogP contribution in [-0.4, -0.2) is 16.2 Å². The Hall–Kier alpha value is -3.65. The number of benzene rings is 1. The molecule has 8 nitrogen and oxygen atoms in total. The fourth-order valence-corrected chi connectivity index (χ4v) is 2.79. The molecule has 0 atom stereocenters. The SMILES string of the molecule is N=C/C(=C\NCc1ccc2cnccc2c1)Cc1cc(N)nc(NN)c1N.